The van der Waals surface area contributed by atoms with E-state index in [4.69, 9.17) is 4.98 Å². The van der Waals surface area contributed by atoms with Crippen LogP contribution in [-0.2, 0) is 6.54 Å². The molecular formula is C15H18N2OS. The number of nitrogens with zero attached hydrogens (tertiary/aromatic N) is 2. The molecule has 1 aromatic heterocycles. The summed E-state index contributed by atoms with van der Waals surface area (Å²) in [7, 11) is 0. The second-order valence-corrected chi connectivity index (χ2v) is 6.05. The van der Waals surface area contributed by atoms with Crippen LogP contribution in [0.3, 0.4) is 0 Å². The van der Waals surface area contributed by atoms with Gasteiger partial charge in [-0.15, -0.1) is 11.3 Å². The Kier molecular flexibility index (Phi) is 3.64. The molecule has 0 spiro atoms. The van der Waals surface area contributed by atoms with E-state index in [0.29, 0.717) is 0 Å². The molecule has 2 aromatic rings. The maximum absolute atomic E-state index is 9.53. The SMILES string of the molecule is Cc1ccc(-c2nc(CN3CC[C@H](O)C3)cs2)cc1. The zero-order valence-corrected chi connectivity index (χ0v) is 11.9. The average Bonchev–Trinajstić information content (AvgIpc) is 3.00. The number of hydrogen-bond donors (Lipinski definition) is 1. The lowest BCUT2D eigenvalue weighted by Gasteiger charge is -2.12. The molecule has 0 aliphatic carbocycles. The van der Waals surface area contributed by atoms with Crippen LogP contribution in [0.25, 0.3) is 10.6 Å². The average molecular weight is 274 g/mol. The highest BCUT2D eigenvalue weighted by atomic mass is 32.1. The van der Waals surface area contributed by atoms with Crippen molar-refractivity contribution in [1.82, 2.24) is 9.88 Å². The molecule has 0 bridgehead atoms. The van der Waals surface area contributed by atoms with Gasteiger partial charge >= 0.3 is 0 Å². The van der Waals surface area contributed by atoms with Crippen LogP contribution in [0.5, 0.6) is 0 Å². The van der Waals surface area contributed by atoms with Crippen molar-refractivity contribution in [1.29, 1.82) is 0 Å². The zero-order valence-electron chi connectivity index (χ0n) is 11.0. The van der Waals surface area contributed by atoms with Crippen molar-refractivity contribution in [2.45, 2.75) is 26.0 Å². The quantitative estimate of drug-likeness (QED) is 0.935. The topological polar surface area (TPSA) is 36.4 Å². The van der Waals surface area contributed by atoms with Gasteiger partial charge in [-0.05, 0) is 13.3 Å². The molecular weight excluding hydrogens is 256 g/mol. The molecule has 2 heterocycles. The molecule has 1 N–H and O–H groups in total. The van der Waals surface area contributed by atoms with Gasteiger partial charge in [0.25, 0.3) is 0 Å². The molecule has 0 radical (unpaired) electrons. The van der Waals surface area contributed by atoms with E-state index in [1.165, 1.54) is 11.1 Å². The van der Waals surface area contributed by atoms with E-state index < -0.39 is 0 Å². The van der Waals surface area contributed by atoms with Crippen LogP contribution < -0.4 is 0 Å². The van der Waals surface area contributed by atoms with E-state index in [2.05, 4.69) is 41.5 Å². The Hall–Kier alpha value is -1.23. The number of aliphatic hydroxyl groups excluding tert-OH is 1. The molecule has 1 aromatic carbocycles. The summed E-state index contributed by atoms with van der Waals surface area (Å²) in [6.45, 7) is 4.69. The molecule has 0 unspecified atom stereocenters. The van der Waals surface area contributed by atoms with Gasteiger partial charge in [-0.1, -0.05) is 29.8 Å². The fraction of sp³-hybridized carbons (Fsp3) is 0.400. The number of aryl methyl sites for hydroxylation is 1. The number of aromatic nitrogens is 1. The molecule has 1 aliphatic rings. The highest BCUT2D eigenvalue weighted by Crippen LogP contribution is 2.25. The van der Waals surface area contributed by atoms with E-state index in [9.17, 15) is 5.11 Å². The van der Waals surface area contributed by atoms with Crippen molar-refractivity contribution >= 4 is 11.3 Å². The van der Waals surface area contributed by atoms with Gasteiger partial charge in [-0.2, -0.15) is 0 Å². The molecule has 1 atom stereocenters. The molecule has 0 saturated carbocycles. The van der Waals surface area contributed by atoms with Gasteiger partial charge < -0.3 is 5.11 Å². The first kappa shape index (κ1) is 12.8. The second-order valence-electron chi connectivity index (χ2n) is 5.19. The number of rotatable bonds is 3. The Morgan fingerprint density at radius 1 is 1.37 bits per heavy atom. The molecule has 1 fully saturated rings. The van der Waals surface area contributed by atoms with Crippen LogP contribution in [0.15, 0.2) is 29.6 Å². The summed E-state index contributed by atoms with van der Waals surface area (Å²) >= 11 is 1.69. The molecule has 1 aliphatic heterocycles. The number of thiazole rings is 1. The number of hydrogen-bond acceptors (Lipinski definition) is 4. The van der Waals surface area contributed by atoms with Gasteiger partial charge in [0.15, 0.2) is 0 Å². The second kappa shape index (κ2) is 5.41. The lowest BCUT2D eigenvalue weighted by molar-refractivity contribution is 0.174. The minimum Gasteiger partial charge on any atom is -0.392 e. The Morgan fingerprint density at radius 3 is 2.84 bits per heavy atom. The molecule has 0 amide bonds. The van der Waals surface area contributed by atoms with Gasteiger partial charge in [0.2, 0.25) is 0 Å². The number of aliphatic hydroxyl groups is 1. The smallest absolute Gasteiger partial charge is 0.123 e. The van der Waals surface area contributed by atoms with Crippen molar-refractivity contribution in [3.05, 3.63) is 40.9 Å². The van der Waals surface area contributed by atoms with Crippen molar-refractivity contribution in [3.63, 3.8) is 0 Å². The summed E-state index contributed by atoms with van der Waals surface area (Å²) in [6, 6.07) is 8.48. The van der Waals surface area contributed by atoms with Gasteiger partial charge in [0.1, 0.15) is 5.01 Å². The van der Waals surface area contributed by atoms with Crippen molar-refractivity contribution in [2.24, 2.45) is 0 Å². The summed E-state index contributed by atoms with van der Waals surface area (Å²) in [5, 5.41) is 12.7. The van der Waals surface area contributed by atoms with Gasteiger partial charge in [0.05, 0.1) is 11.8 Å². The fourth-order valence-electron chi connectivity index (χ4n) is 2.39. The summed E-state index contributed by atoms with van der Waals surface area (Å²) < 4.78 is 0. The summed E-state index contributed by atoms with van der Waals surface area (Å²) in [6.07, 6.45) is 0.727. The molecule has 1 saturated heterocycles. The third-order valence-corrected chi connectivity index (χ3v) is 4.42. The first-order chi connectivity index (χ1) is 9.20. The third-order valence-electron chi connectivity index (χ3n) is 3.48. The normalized spacial score (nSPS) is 20.0. The van der Waals surface area contributed by atoms with Crippen molar-refractivity contribution in [2.75, 3.05) is 13.1 Å². The third kappa shape index (κ3) is 3.03. The molecule has 19 heavy (non-hydrogen) atoms. The molecule has 3 nitrogen and oxygen atoms in total. The Morgan fingerprint density at radius 2 is 2.16 bits per heavy atom. The lowest BCUT2D eigenvalue weighted by Crippen LogP contribution is -2.21. The molecule has 100 valence electrons. The van der Waals surface area contributed by atoms with E-state index in [-0.39, 0.29) is 6.10 Å². The largest absolute Gasteiger partial charge is 0.392 e. The summed E-state index contributed by atoms with van der Waals surface area (Å²) in [5.74, 6) is 0. The number of likely N-dealkylation sites (tertiary alicyclic amines) is 1. The van der Waals surface area contributed by atoms with E-state index >= 15 is 0 Å². The van der Waals surface area contributed by atoms with Gasteiger partial charge in [0, 0.05) is 30.6 Å². The minimum absolute atomic E-state index is 0.157. The Bertz CT molecular complexity index is 550. The first-order valence-corrected chi connectivity index (χ1v) is 7.50. The van der Waals surface area contributed by atoms with E-state index in [1.54, 1.807) is 11.3 Å². The Balaban J connectivity index is 1.71. The maximum Gasteiger partial charge on any atom is 0.123 e. The van der Waals surface area contributed by atoms with Crippen molar-refractivity contribution < 1.29 is 5.11 Å². The van der Waals surface area contributed by atoms with E-state index in [1.807, 2.05) is 0 Å². The maximum atomic E-state index is 9.53. The highest BCUT2D eigenvalue weighted by molar-refractivity contribution is 7.13. The van der Waals surface area contributed by atoms with Crippen LogP contribution in [-0.4, -0.2) is 34.2 Å². The van der Waals surface area contributed by atoms with E-state index in [0.717, 1.165) is 36.8 Å². The molecule has 4 heteroatoms. The number of β-amino-alcohol motifs (C(OH)–C–C–N with tert-alkyl or cyclic N) is 1. The van der Waals surface area contributed by atoms with Crippen LogP contribution in [0.2, 0.25) is 0 Å². The summed E-state index contributed by atoms with van der Waals surface area (Å²) in [4.78, 5) is 6.96. The monoisotopic (exact) mass is 274 g/mol. The summed E-state index contributed by atoms with van der Waals surface area (Å²) in [5.41, 5.74) is 3.56. The van der Waals surface area contributed by atoms with Gasteiger partial charge in [-0.25, -0.2) is 4.98 Å². The molecule has 3 rings (SSSR count). The Labute approximate surface area is 117 Å². The van der Waals surface area contributed by atoms with Crippen LogP contribution >= 0.6 is 11.3 Å². The lowest BCUT2D eigenvalue weighted by atomic mass is 10.2. The predicted octanol–water partition coefficient (Wildman–Crippen LogP) is 2.69. The first-order valence-electron chi connectivity index (χ1n) is 6.62. The van der Waals surface area contributed by atoms with Gasteiger partial charge in [-0.3, -0.25) is 4.90 Å². The van der Waals surface area contributed by atoms with Crippen LogP contribution in [0, 0.1) is 6.92 Å². The minimum atomic E-state index is -0.157. The fourth-order valence-corrected chi connectivity index (χ4v) is 3.21. The van der Waals surface area contributed by atoms with Crippen LogP contribution in [0.4, 0.5) is 0 Å². The standard InChI is InChI=1S/C15H18N2OS/c1-11-2-4-12(5-3-11)15-16-13(10-19-15)8-17-7-6-14(18)9-17/h2-5,10,14,18H,6-9H2,1H3/t14-/m0/s1. The predicted molar refractivity (Wildman–Crippen MR) is 78.2 cm³/mol. The highest BCUT2D eigenvalue weighted by Gasteiger charge is 2.20. The van der Waals surface area contributed by atoms with Crippen molar-refractivity contribution in [3.8, 4) is 10.6 Å². The van der Waals surface area contributed by atoms with Crippen LogP contribution in [0.1, 0.15) is 17.7 Å². The zero-order chi connectivity index (χ0) is 13.2. The number of benzene rings is 1.